The van der Waals surface area contributed by atoms with E-state index in [1.165, 1.54) is 36.3 Å². The van der Waals surface area contributed by atoms with E-state index in [1.807, 2.05) is 11.8 Å². The van der Waals surface area contributed by atoms with Crippen LogP contribution in [0, 0.1) is 5.41 Å². The van der Waals surface area contributed by atoms with E-state index in [2.05, 4.69) is 35.8 Å². The van der Waals surface area contributed by atoms with E-state index in [-0.39, 0.29) is 0 Å². The second kappa shape index (κ2) is 5.80. The number of thioether (sulfide) groups is 2. The van der Waals surface area contributed by atoms with Crippen molar-refractivity contribution in [3.8, 4) is 0 Å². The first kappa shape index (κ1) is 13.4. The van der Waals surface area contributed by atoms with E-state index in [0.717, 1.165) is 17.4 Å². The van der Waals surface area contributed by atoms with Crippen molar-refractivity contribution in [1.29, 1.82) is 0 Å². The Morgan fingerprint density at radius 2 is 1.95 bits per heavy atom. The fourth-order valence-electron chi connectivity index (χ4n) is 2.85. The van der Waals surface area contributed by atoms with Gasteiger partial charge in [-0.3, -0.25) is 4.99 Å². The molecule has 0 radical (unpaired) electrons. The van der Waals surface area contributed by atoms with Gasteiger partial charge in [0.05, 0.1) is 0 Å². The third-order valence-corrected chi connectivity index (χ3v) is 6.08. The van der Waals surface area contributed by atoms with Crippen LogP contribution in [0.15, 0.2) is 34.2 Å². The van der Waals surface area contributed by atoms with Gasteiger partial charge in [0.25, 0.3) is 0 Å². The molecule has 0 aromatic heterocycles. The van der Waals surface area contributed by atoms with E-state index in [0.29, 0.717) is 5.41 Å². The van der Waals surface area contributed by atoms with Crippen LogP contribution < -0.4 is 5.32 Å². The van der Waals surface area contributed by atoms with Crippen LogP contribution in [0.25, 0.3) is 0 Å². The lowest BCUT2D eigenvalue weighted by Crippen LogP contribution is -2.30. The SMILES string of the molecule is CSc1ccc(NC2=NCC3(CCCC3)CS2)cc1. The predicted octanol–water partition coefficient (Wildman–Crippen LogP) is 4.48. The first-order valence-corrected chi connectivity index (χ1v) is 9.09. The van der Waals surface area contributed by atoms with Crippen LogP contribution in [-0.4, -0.2) is 23.7 Å². The maximum Gasteiger partial charge on any atom is 0.161 e. The summed E-state index contributed by atoms with van der Waals surface area (Å²) in [6.07, 6.45) is 7.65. The quantitative estimate of drug-likeness (QED) is 0.813. The molecule has 1 aromatic rings. The number of aliphatic imine (C=N–C) groups is 1. The Morgan fingerprint density at radius 1 is 1.21 bits per heavy atom. The molecule has 0 saturated heterocycles. The third kappa shape index (κ3) is 3.11. The number of hydrogen-bond donors (Lipinski definition) is 1. The minimum Gasteiger partial charge on any atom is -0.335 e. The van der Waals surface area contributed by atoms with Crippen LogP contribution in [0.2, 0.25) is 0 Å². The normalized spacial score (nSPS) is 21.4. The fourth-order valence-corrected chi connectivity index (χ4v) is 4.43. The monoisotopic (exact) mass is 292 g/mol. The highest BCUT2D eigenvalue weighted by molar-refractivity contribution is 8.14. The van der Waals surface area contributed by atoms with Crippen LogP contribution >= 0.6 is 23.5 Å². The predicted molar refractivity (Wildman–Crippen MR) is 87.5 cm³/mol. The number of benzene rings is 1. The van der Waals surface area contributed by atoms with E-state index < -0.39 is 0 Å². The molecule has 19 heavy (non-hydrogen) atoms. The number of nitrogens with one attached hydrogen (secondary N) is 1. The average Bonchev–Trinajstić information content (AvgIpc) is 2.91. The second-order valence-corrected chi connectivity index (χ2v) is 7.31. The molecule has 1 aliphatic carbocycles. The molecule has 1 aromatic carbocycles. The molecule has 1 heterocycles. The third-order valence-electron chi connectivity index (χ3n) is 4.08. The number of nitrogens with zero attached hydrogens (tertiary/aromatic N) is 1. The van der Waals surface area contributed by atoms with Crippen molar-refractivity contribution in [1.82, 2.24) is 0 Å². The topological polar surface area (TPSA) is 24.4 Å². The van der Waals surface area contributed by atoms with Crippen molar-refractivity contribution < 1.29 is 0 Å². The van der Waals surface area contributed by atoms with Gasteiger partial charge in [-0.15, -0.1) is 11.8 Å². The summed E-state index contributed by atoms with van der Waals surface area (Å²) in [6.45, 7) is 1.02. The Kier molecular flexibility index (Phi) is 4.08. The molecule has 2 aliphatic rings. The van der Waals surface area contributed by atoms with Crippen molar-refractivity contribution in [3.05, 3.63) is 24.3 Å². The lowest BCUT2D eigenvalue weighted by molar-refractivity contribution is 0.359. The molecule has 102 valence electrons. The first-order valence-electron chi connectivity index (χ1n) is 6.88. The van der Waals surface area contributed by atoms with Gasteiger partial charge in [-0.2, -0.15) is 0 Å². The molecular weight excluding hydrogens is 272 g/mol. The highest BCUT2D eigenvalue weighted by Crippen LogP contribution is 2.43. The zero-order chi connectivity index (χ0) is 13.1. The molecule has 2 nitrogen and oxygen atoms in total. The van der Waals surface area contributed by atoms with Crippen molar-refractivity contribution in [2.24, 2.45) is 10.4 Å². The van der Waals surface area contributed by atoms with Crippen molar-refractivity contribution in [2.75, 3.05) is 23.9 Å². The van der Waals surface area contributed by atoms with Crippen LogP contribution in [0.5, 0.6) is 0 Å². The van der Waals surface area contributed by atoms with Gasteiger partial charge < -0.3 is 5.32 Å². The summed E-state index contributed by atoms with van der Waals surface area (Å²) in [4.78, 5) is 6.07. The summed E-state index contributed by atoms with van der Waals surface area (Å²) in [5.74, 6) is 1.24. The lowest BCUT2D eigenvalue weighted by Gasteiger charge is -2.31. The maximum atomic E-state index is 4.77. The fraction of sp³-hybridized carbons (Fsp3) is 0.533. The van der Waals surface area contributed by atoms with Gasteiger partial charge in [-0.1, -0.05) is 24.6 Å². The van der Waals surface area contributed by atoms with Gasteiger partial charge in [0.2, 0.25) is 0 Å². The molecule has 1 N–H and O–H groups in total. The Morgan fingerprint density at radius 3 is 2.53 bits per heavy atom. The van der Waals surface area contributed by atoms with Crippen LogP contribution in [-0.2, 0) is 0 Å². The van der Waals surface area contributed by atoms with E-state index >= 15 is 0 Å². The van der Waals surface area contributed by atoms with Gasteiger partial charge >= 0.3 is 0 Å². The minimum atomic E-state index is 0.526. The Hall–Kier alpha value is -0.610. The standard InChI is InChI=1S/C15H20N2S2/c1-18-13-6-4-12(5-7-13)17-14-16-10-15(11-19-14)8-2-3-9-15/h4-7H,2-3,8-11H2,1H3,(H,16,17). The minimum absolute atomic E-state index is 0.526. The van der Waals surface area contributed by atoms with Crippen LogP contribution in [0.1, 0.15) is 25.7 Å². The molecule has 1 fully saturated rings. The molecule has 0 amide bonds. The summed E-state index contributed by atoms with van der Waals surface area (Å²) in [5.41, 5.74) is 1.67. The Balaban J connectivity index is 1.62. The smallest absolute Gasteiger partial charge is 0.161 e. The molecule has 4 heteroatoms. The zero-order valence-electron chi connectivity index (χ0n) is 11.3. The number of hydrogen-bond acceptors (Lipinski definition) is 4. The zero-order valence-corrected chi connectivity index (χ0v) is 12.9. The first-order chi connectivity index (χ1) is 9.30. The van der Waals surface area contributed by atoms with E-state index in [9.17, 15) is 0 Å². The second-order valence-electron chi connectivity index (χ2n) is 5.47. The summed E-state index contributed by atoms with van der Waals surface area (Å²) in [5, 5.41) is 4.53. The number of amidine groups is 1. The summed E-state index contributed by atoms with van der Waals surface area (Å²) in [6, 6.07) is 8.57. The molecule has 0 bridgehead atoms. The molecule has 0 unspecified atom stereocenters. The maximum absolute atomic E-state index is 4.77. The molecule has 1 aliphatic heterocycles. The number of anilines is 1. The van der Waals surface area contributed by atoms with Crippen LogP contribution in [0.4, 0.5) is 5.69 Å². The van der Waals surface area contributed by atoms with Gasteiger partial charge in [-0.25, -0.2) is 0 Å². The Labute approximate surface area is 123 Å². The van der Waals surface area contributed by atoms with Gasteiger partial charge in [-0.05, 0) is 48.8 Å². The molecule has 1 saturated carbocycles. The van der Waals surface area contributed by atoms with E-state index in [1.54, 1.807) is 11.8 Å². The molecule has 1 spiro atoms. The van der Waals surface area contributed by atoms with Gasteiger partial charge in [0.1, 0.15) is 0 Å². The van der Waals surface area contributed by atoms with Crippen LogP contribution in [0.3, 0.4) is 0 Å². The lowest BCUT2D eigenvalue weighted by atomic mass is 9.89. The van der Waals surface area contributed by atoms with Crippen molar-refractivity contribution >= 4 is 34.4 Å². The highest BCUT2D eigenvalue weighted by atomic mass is 32.2. The molecule has 3 rings (SSSR count). The molecular formula is C15H20N2S2. The number of rotatable bonds is 2. The van der Waals surface area contributed by atoms with Gasteiger partial charge in [0.15, 0.2) is 5.17 Å². The largest absolute Gasteiger partial charge is 0.335 e. The summed E-state index contributed by atoms with van der Waals surface area (Å²) < 4.78 is 0. The molecule has 0 atom stereocenters. The highest BCUT2D eigenvalue weighted by Gasteiger charge is 2.36. The Bertz CT molecular complexity index is 462. The average molecular weight is 292 g/mol. The van der Waals surface area contributed by atoms with Crippen molar-refractivity contribution in [3.63, 3.8) is 0 Å². The van der Waals surface area contributed by atoms with Gasteiger partial charge in [0, 0.05) is 22.9 Å². The summed E-state index contributed by atoms with van der Waals surface area (Å²) >= 11 is 3.67. The van der Waals surface area contributed by atoms with E-state index in [4.69, 9.17) is 4.99 Å². The van der Waals surface area contributed by atoms with Crippen molar-refractivity contribution in [2.45, 2.75) is 30.6 Å². The summed E-state index contributed by atoms with van der Waals surface area (Å²) in [7, 11) is 0.